The zero-order valence-corrected chi connectivity index (χ0v) is 13.7. The molecule has 24 heavy (non-hydrogen) atoms. The monoisotopic (exact) mass is 358 g/mol. The number of rotatable bonds is 3. The first kappa shape index (κ1) is 16.2. The van der Waals surface area contributed by atoms with Gasteiger partial charge in [0.2, 0.25) is 0 Å². The second kappa shape index (κ2) is 6.42. The molecule has 2 aromatic carbocycles. The number of phenolic OH excluding ortho intramolecular Hbond substituents is 1. The van der Waals surface area contributed by atoms with E-state index in [1.54, 1.807) is 24.3 Å². The van der Waals surface area contributed by atoms with E-state index >= 15 is 0 Å². The van der Waals surface area contributed by atoms with E-state index in [4.69, 9.17) is 12.2 Å². The van der Waals surface area contributed by atoms with Gasteiger partial charge in [0.15, 0.2) is 4.32 Å². The van der Waals surface area contributed by atoms with Crippen LogP contribution in [0.5, 0.6) is 5.75 Å². The van der Waals surface area contributed by atoms with Gasteiger partial charge in [0.25, 0.3) is 11.6 Å². The number of nitro groups is 1. The van der Waals surface area contributed by atoms with Crippen LogP contribution >= 0.6 is 24.0 Å². The number of nitrogens with zero attached hydrogens (tertiary/aromatic N) is 2. The van der Waals surface area contributed by atoms with Gasteiger partial charge in [-0.2, -0.15) is 0 Å². The molecule has 1 heterocycles. The van der Waals surface area contributed by atoms with Crippen molar-refractivity contribution >= 4 is 51.7 Å². The average molecular weight is 358 g/mol. The zero-order valence-electron chi connectivity index (χ0n) is 12.1. The van der Waals surface area contributed by atoms with Crippen LogP contribution in [0.2, 0.25) is 0 Å². The number of para-hydroxylation sites is 1. The molecule has 120 valence electrons. The molecule has 6 nitrogen and oxygen atoms in total. The Morgan fingerprint density at radius 3 is 2.58 bits per heavy atom. The second-order valence-electron chi connectivity index (χ2n) is 4.85. The Morgan fingerprint density at radius 1 is 1.21 bits per heavy atom. The van der Waals surface area contributed by atoms with Crippen LogP contribution in [-0.4, -0.2) is 20.3 Å². The maximum absolute atomic E-state index is 12.6. The van der Waals surface area contributed by atoms with Gasteiger partial charge in [-0.05, 0) is 24.3 Å². The first-order chi connectivity index (χ1) is 11.5. The number of aromatic hydroxyl groups is 1. The van der Waals surface area contributed by atoms with Crippen LogP contribution in [0.4, 0.5) is 11.4 Å². The number of hydrogen-bond acceptors (Lipinski definition) is 6. The Morgan fingerprint density at radius 2 is 1.92 bits per heavy atom. The largest absolute Gasteiger partial charge is 0.507 e. The van der Waals surface area contributed by atoms with E-state index in [0.29, 0.717) is 14.9 Å². The summed E-state index contributed by atoms with van der Waals surface area (Å²) in [5, 5.41) is 20.7. The number of phenols is 1. The first-order valence-corrected chi connectivity index (χ1v) is 8.00. The van der Waals surface area contributed by atoms with Crippen molar-refractivity contribution in [2.24, 2.45) is 0 Å². The Hall–Kier alpha value is -2.71. The molecule has 0 spiro atoms. The van der Waals surface area contributed by atoms with Crippen molar-refractivity contribution in [2.45, 2.75) is 0 Å². The van der Waals surface area contributed by atoms with Crippen LogP contribution in [0.3, 0.4) is 0 Å². The summed E-state index contributed by atoms with van der Waals surface area (Å²) in [5.74, 6) is -0.479. The molecule has 1 fully saturated rings. The highest BCUT2D eigenvalue weighted by molar-refractivity contribution is 8.27. The molecule has 1 aliphatic heterocycles. The van der Waals surface area contributed by atoms with Gasteiger partial charge in [-0.3, -0.25) is 19.8 Å². The van der Waals surface area contributed by atoms with Crippen molar-refractivity contribution in [1.29, 1.82) is 0 Å². The lowest BCUT2D eigenvalue weighted by atomic mass is 10.1. The van der Waals surface area contributed by atoms with Crippen LogP contribution in [0, 0.1) is 10.1 Å². The summed E-state index contributed by atoms with van der Waals surface area (Å²) in [5.41, 5.74) is 0.669. The minimum atomic E-state index is -0.564. The molecule has 1 saturated heterocycles. The lowest BCUT2D eigenvalue weighted by Gasteiger charge is -2.13. The third-order valence-corrected chi connectivity index (χ3v) is 4.62. The second-order valence-corrected chi connectivity index (χ2v) is 6.53. The number of thioether (sulfide) groups is 1. The Balaban J connectivity index is 1.98. The topological polar surface area (TPSA) is 83.7 Å². The van der Waals surface area contributed by atoms with Crippen LogP contribution in [0.15, 0.2) is 53.4 Å². The number of thiocarbonyl (C=S) groups is 1. The lowest BCUT2D eigenvalue weighted by Crippen LogP contribution is -2.27. The summed E-state index contributed by atoms with van der Waals surface area (Å²) in [4.78, 5) is 24.6. The summed E-state index contributed by atoms with van der Waals surface area (Å²) in [6, 6.07) is 12.6. The highest BCUT2D eigenvalue weighted by Gasteiger charge is 2.33. The Kier molecular flexibility index (Phi) is 4.32. The van der Waals surface area contributed by atoms with Crippen LogP contribution < -0.4 is 4.90 Å². The number of hydrogen-bond donors (Lipinski definition) is 1. The Bertz CT molecular complexity index is 881. The number of anilines is 1. The van der Waals surface area contributed by atoms with Crippen molar-refractivity contribution in [2.75, 3.05) is 4.90 Å². The Labute approximate surface area is 146 Å². The molecule has 0 bridgehead atoms. The molecule has 1 N–H and O–H groups in total. The molecule has 0 aromatic heterocycles. The number of carbonyl (C=O) groups is 1. The maximum atomic E-state index is 12.6. The molecular formula is C16H10N2O4S2. The third-order valence-electron chi connectivity index (χ3n) is 3.32. The maximum Gasteiger partial charge on any atom is 0.270 e. The molecule has 1 amide bonds. The molecule has 0 aliphatic carbocycles. The van der Waals surface area contributed by atoms with E-state index < -0.39 is 4.92 Å². The molecule has 0 radical (unpaired) electrons. The first-order valence-electron chi connectivity index (χ1n) is 6.78. The van der Waals surface area contributed by atoms with Gasteiger partial charge in [0.1, 0.15) is 5.75 Å². The molecule has 3 rings (SSSR count). The van der Waals surface area contributed by atoms with E-state index in [-0.39, 0.29) is 22.9 Å². The molecule has 2 aromatic rings. The van der Waals surface area contributed by atoms with Crippen molar-refractivity contribution in [3.8, 4) is 5.75 Å². The van der Waals surface area contributed by atoms with Crippen molar-refractivity contribution in [1.82, 2.24) is 0 Å². The smallest absolute Gasteiger partial charge is 0.270 e. The highest BCUT2D eigenvalue weighted by atomic mass is 32.2. The average Bonchev–Trinajstić information content (AvgIpc) is 2.84. The van der Waals surface area contributed by atoms with Gasteiger partial charge >= 0.3 is 0 Å². The molecule has 1 aliphatic rings. The molecule has 0 atom stereocenters. The van der Waals surface area contributed by atoms with Crippen LogP contribution in [0.1, 0.15) is 5.56 Å². The zero-order chi connectivity index (χ0) is 17.3. The predicted molar refractivity (Wildman–Crippen MR) is 96.9 cm³/mol. The van der Waals surface area contributed by atoms with Gasteiger partial charge in [-0.1, -0.05) is 42.2 Å². The predicted octanol–water partition coefficient (Wildman–Crippen LogP) is 3.71. The van der Waals surface area contributed by atoms with E-state index in [1.165, 1.54) is 29.2 Å². The van der Waals surface area contributed by atoms with Crippen molar-refractivity contribution in [3.63, 3.8) is 0 Å². The molecular weight excluding hydrogens is 348 g/mol. The minimum Gasteiger partial charge on any atom is -0.507 e. The van der Waals surface area contributed by atoms with Gasteiger partial charge in [-0.25, -0.2) is 0 Å². The van der Waals surface area contributed by atoms with E-state index in [9.17, 15) is 20.0 Å². The number of benzene rings is 2. The normalized spacial score (nSPS) is 16.0. The summed E-state index contributed by atoms with van der Waals surface area (Å²) >= 11 is 6.33. The lowest BCUT2D eigenvalue weighted by molar-refractivity contribution is -0.384. The summed E-state index contributed by atoms with van der Waals surface area (Å²) in [6.45, 7) is 0. The summed E-state index contributed by atoms with van der Waals surface area (Å²) < 4.78 is 0.363. The number of non-ortho nitro benzene ring substituents is 1. The molecule has 0 saturated carbocycles. The number of nitro benzene ring substituents is 1. The fourth-order valence-electron chi connectivity index (χ4n) is 2.18. The number of carbonyl (C=O) groups excluding carboxylic acids is 1. The van der Waals surface area contributed by atoms with Crippen molar-refractivity contribution in [3.05, 3.63) is 69.1 Å². The third kappa shape index (κ3) is 3.01. The molecule has 8 heteroatoms. The van der Waals surface area contributed by atoms with Crippen LogP contribution in [-0.2, 0) is 4.79 Å². The van der Waals surface area contributed by atoms with Crippen molar-refractivity contribution < 1.29 is 14.8 Å². The summed E-state index contributed by atoms with van der Waals surface area (Å²) in [6.07, 6.45) is 1.41. The van der Waals surface area contributed by atoms with Gasteiger partial charge in [0, 0.05) is 17.7 Å². The fourth-order valence-corrected chi connectivity index (χ4v) is 3.47. The fraction of sp³-hybridized carbons (Fsp3) is 0. The van der Waals surface area contributed by atoms with E-state index in [1.807, 2.05) is 6.07 Å². The quantitative estimate of drug-likeness (QED) is 0.390. The van der Waals surface area contributed by atoms with Gasteiger partial charge in [-0.15, -0.1) is 0 Å². The summed E-state index contributed by atoms with van der Waals surface area (Å²) in [7, 11) is 0. The van der Waals surface area contributed by atoms with Crippen LogP contribution in [0.25, 0.3) is 6.08 Å². The van der Waals surface area contributed by atoms with Gasteiger partial charge < -0.3 is 5.11 Å². The standard InChI is InChI=1S/C16H10N2O4S2/c19-13-7-6-12(18(21)22)8-10(13)9-14-15(20)17(16(23)24-14)11-4-2-1-3-5-11/h1-9,19H/b14-9+. The number of amides is 1. The highest BCUT2D eigenvalue weighted by Crippen LogP contribution is 2.37. The molecule has 0 unspecified atom stereocenters. The van der Waals surface area contributed by atoms with E-state index in [0.717, 1.165) is 11.8 Å². The SMILES string of the molecule is O=C1/C(=C\c2cc([N+](=O)[O-])ccc2O)SC(=S)N1c1ccccc1. The van der Waals surface area contributed by atoms with Gasteiger partial charge in [0.05, 0.1) is 15.5 Å². The van der Waals surface area contributed by atoms with E-state index in [2.05, 4.69) is 0 Å². The minimum absolute atomic E-state index is 0.148.